The third kappa shape index (κ3) is 2.67. The number of halogens is 1. The second kappa shape index (κ2) is 5.98. The van der Waals surface area contributed by atoms with Crippen molar-refractivity contribution in [3.63, 3.8) is 0 Å². The number of nitrogens with one attached hydrogen (secondary N) is 1. The molecule has 0 saturated carbocycles. The Morgan fingerprint density at radius 2 is 2.32 bits per heavy atom. The lowest BCUT2D eigenvalue weighted by molar-refractivity contribution is -0.0889. The molecular weight excluding hydrogens is 301 g/mol. The summed E-state index contributed by atoms with van der Waals surface area (Å²) >= 11 is 0. The summed E-state index contributed by atoms with van der Waals surface area (Å²) in [4.78, 5) is 27.9. The Kier molecular flexibility index (Phi) is 4.43. The van der Waals surface area contributed by atoms with E-state index in [0.717, 1.165) is 6.33 Å². The fourth-order valence-corrected chi connectivity index (χ4v) is 2.21. The molecule has 1 unspecified atom stereocenters. The van der Waals surface area contributed by atoms with Crippen LogP contribution in [0.1, 0.15) is 13.2 Å². The Labute approximate surface area is 123 Å². The molecule has 1 aliphatic heterocycles. The van der Waals surface area contributed by atoms with E-state index in [2.05, 4.69) is 10.9 Å². The Bertz CT molecular complexity index is 720. The monoisotopic (exact) mass is 315 g/mol. The molecule has 9 nitrogen and oxygen atoms in total. The zero-order valence-corrected chi connectivity index (χ0v) is 11.4. The van der Waals surface area contributed by atoms with Crippen molar-refractivity contribution in [2.45, 2.75) is 37.1 Å². The number of ether oxygens (including phenoxy) is 1. The minimum Gasteiger partial charge on any atom is -0.391 e. The molecule has 5 atom stereocenters. The summed E-state index contributed by atoms with van der Waals surface area (Å²) in [5.74, 6) is 4.05. The highest BCUT2D eigenvalue weighted by atomic mass is 19.1. The number of hydrogen-bond donors (Lipinski definition) is 4. The van der Waals surface area contributed by atoms with Gasteiger partial charge in [-0.25, -0.2) is 14.0 Å². The first-order valence-electron chi connectivity index (χ1n) is 6.28. The number of alkyl halides is 1. The van der Waals surface area contributed by atoms with Crippen molar-refractivity contribution in [2.75, 3.05) is 6.67 Å². The molecule has 4 N–H and O–H groups in total. The van der Waals surface area contributed by atoms with Gasteiger partial charge in [-0.3, -0.25) is 9.55 Å². The van der Waals surface area contributed by atoms with E-state index in [1.165, 1.54) is 6.92 Å². The average molecular weight is 315 g/mol. The van der Waals surface area contributed by atoms with E-state index in [1.807, 2.05) is 10.9 Å². The van der Waals surface area contributed by atoms with Gasteiger partial charge in [0.2, 0.25) is 0 Å². The summed E-state index contributed by atoms with van der Waals surface area (Å²) in [6.45, 7) is 0.201. The molecule has 2 rings (SSSR count). The van der Waals surface area contributed by atoms with E-state index in [4.69, 9.17) is 4.74 Å². The fourth-order valence-electron chi connectivity index (χ4n) is 2.21. The highest BCUT2D eigenvalue weighted by Crippen LogP contribution is 2.38. The van der Waals surface area contributed by atoms with E-state index >= 15 is 0 Å². The van der Waals surface area contributed by atoms with Crippen molar-refractivity contribution < 1.29 is 24.4 Å². The number of hydrogen-bond acceptors (Lipinski definition) is 7. The number of nitrogens with zero attached hydrogens (tertiary/aromatic N) is 2. The van der Waals surface area contributed by atoms with Crippen molar-refractivity contribution in [2.24, 2.45) is 0 Å². The maximum absolute atomic E-state index is 12.3. The molecule has 1 saturated heterocycles. The Morgan fingerprint density at radius 3 is 2.86 bits per heavy atom. The summed E-state index contributed by atoms with van der Waals surface area (Å²) in [5, 5.41) is 30.2. The lowest BCUT2D eigenvalue weighted by Crippen LogP contribution is -2.49. The van der Waals surface area contributed by atoms with Crippen LogP contribution in [0, 0.1) is 11.8 Å². The second-order valence-corrected chi connectivity index (χ2v) is 4.79. The zero-order chi connectivity index (χ0) is 16.5. The standard InChI is InChI=1S/C12H14FN3O6/c1-6(17)7-8(18)12(21,3-2-4-13)9(22-7)16-5-14-10(19)15-11(16)20/h5-9,17-18,21H,4H2,1H3,(H,15,19,20)/t6-,7-,8+,9-,12?/m1/s1. The highest BCUT2D eigenvalue weighted by Gasteiger charge is 2.57. The quantitative estimate of drug-likeness (QED) is 0.435. The Balaban J connectivity index is 2.55. The summed E-state index contributed by atoms with van der Waals surface area (Å²) in [6, 6.07) is 0. The number of aliphatic hydroxyl groups is 3. The van der Waals surface area contributed by atoms with Gasteiger partial charge >= 0.3 is 11.4 Å². The molecular formula is C12H14FN3O6. The van der Waals surface area contributed by atoms with Gasteiger partial charge in [0.15, 0.2) is 11.8 Å². The highest BCUT2D eigenvalue weighted by molar-refractivity contribution is 5.23. The molecule has 0 bridgehead atoms. The molecule has 0 radical (unpaired) electrons. The van der Waals surface area contributed by atoms with Crippen LogP contribution in [0.2, 0.25) is 0 Å². The largest absolute Gasteiger partial charge is 0.391 e. The van der Waals surface area contributed by atoms with Crippen molar-refractivity contribution in [3.8, 4) is 11.8 Å². The predicted molar refractivity (Wildman–Crippen MR) is 69.4 cm³/mol. The molecule has 0 aliphatic carbocycles. The normalized spacial score (nSPS) is 32.3. The molecule has 2 heterocycles. The molecule has 1 aromatic rings. The van der Waals surface area contributed by atoms with E-state index in [1.54, 1.807) is 0 Å². The molecule has 0 amide bonds. The van der Waals surface area contributed by atoms with Crippen LogP contribution >= 0.6 is 0 Å². The van der Waals surface area contributed by atoms with Gasteiger partial charge in [-0.1, -0.05) is 11.8 Å². The SMILES string of the molecule is C[C@@H](O)[C@H]1O[C@@H](n2cnc(=O)[nH]c2=O)C(O)(C#CCF)[C@H]1O. The lowest BCUT2D eigenvalue weighted by atomic mass is 9.93. The maximum atomic E-state index is 12.3. The van der Waals surface area contributed by atoms with Gasteiger partial charge in [0, 0.05) is 0 Å². The molecule has 1 fully saturated rings. The summed E-state index contributed by atoms with van der Waals surface area (Å²) in [7, 11) is 0. The van der Waals surface area contributed by atoms with Gasteiger partial charge in [-0.05, 0) is 6.92 Å². The van der Waals surface area contributed by atoms with Gasteiger partial charge < -0.3 is 20.1 Å². The van der Waals surface area contributed by atoms with E-state index < -0.39 is 48.2 Å². The average Bonchev–Trinajstić information content (AvgIpc) is 2.70. The number of H-pyrrole nitrogens is 1. The smallest absolute Gasteiger partial charge is 0.350 e. The Hall–Kier alpha value is -2.06. The first-order valence-corrected chi connectivity index (χ1v) is 6.28. The minimum atomic E-state index is -2.36. The van der Waals surface area contributed by atoms with Gasteiger partial charge in [-0.2, -0.15) is 4.98 Å². The molecule has 22 heavy (non-hydrogen) atoms. The third-order valence-corrected chi connectivity index (χ3v) is 3.26. The number of rotatable bonds is 2. The van der Waals surface area contributed by atoms with Crippen LogP contribution in [0.15, 0.2) is 15.9 Å². The van der Waals surface area contributed by atoms with Crippen LogP contribution in [0.4, 0.5) is 4.39 Å². The van der Waals surface area contributed by atoms with Crippen LogP contribution in [0.5, 0.6) is 0 Å². The van der Waals surface area contributed by atoms with E-state index in [-0.39, 0.29) is 0 Å². The molecule has 1 aliphatic rings. The molecule has 1 aromatic heterocycles. The molecule has 120 valence electrons. The van der Waals surface area contributed by atoms with Crippen LogP contribution in [-0.4, -0.2) is 60.4 Å². The van der Waals surface area contributed by atoms with Crippen molar-refractivity contribution >= 4 is 0 Å². The molecule has 0 spiro atoms. The lowest BCUT2D eigenvalue weighted by Gasteiger charge is -2.26. The first kappa shape index (κ1) is 16.3. The zero-order valence-electron chi connectivity index (χ0n) is 11.4. The maximum Gasteiger partial charge on any atom is 0.350 e. The van der Waals surface area contributed by atoms with Gasteiger partial charge in [0.25, 0.3) is 0 Å². The first-order chi connectivity index (χ1) is 10.3. The van der Waals surface area contributed by atoms with E-state index in [0.29, 0.717) is 4.57 Å². The van der Waals surface area contributed by atoms with Gasteiger partial charge in [0.05, 0.1) is 6.10 Å². The van der Waals surface area contributed by atoms with Crippen LogP contribution in [0.3, 0.4) is 0 Å². The van der Waals surface area contributed by atoms with Crippen molar-refractivity contribution in [1.82, 2.24) is 14.5 Å². The van der Waals surface area contributed by atoms with Gasteiger partial charge in [-0.15, -0.1) is 0 Å². The van der Waals surface area contributed by atoms with Crippen LogP contribution in [-0.2, 0) is 4.74 Å². The van der Waals surface area contributed by atoms with Crippen molar-refractivity contribution in [3.05, 3.63) is 27.3 Å². The summed E-state index contributed by atoms with van der Waals surface area (Å²) in [6.07, 6.45) is -4.98. The minimum absolute atomic E-state index is 0.694. The summed E-state index contributed by atoms with van der Waals surface area (Å²) in [5.41, 5.74) is -4.24. The second-order valence-electron chi connectivity index (χ2n) is 4.79. The number of aromatic nitrogens is 3. The predicted octanol–water partition coefficient (Wildman–Crippen LogP) is -2.73. The number of aliphatic hydroxyl groups excluding tert-OH is 2. The van der Waals surface area contributed by atoms with Crippen LogP contribution < -0.4 is 11.4 Å². The van der Waals surface area contributed by atoms with Crippen LogP contribution in [0.25, 0.3) is 0 Å². The topological polar surface area (TPSA) is 138 Å². The molecule has 10 heteroatoms. The fraction of sp³-hybridized carbons (Fsp3) is 0.583. The van der Waals surface area contributed by atoms with Crippen molar-refractivity contribution in [1.29, 1.82) is 0 Å². The summed E-state index contributed by atoms with van der Waals surface area (Å²) < 4.78 is 18.3. The number of aromatic amines is 1. The Morgan fingerprint density at radius 1 is 1.64 bits per heavy atom. The molecule has 0 aromatic carbocycles. The third-order valence-electron chi connectivity index (χ3n) is 3.26. The van der Waals surface area contributed by atoms with Gasteiger partial charge in [0.1, 0.15) is 25.2 Å². The van der Waals surface area contributed by atoms with E-state index in [9.17, 15) is 29.3 Å².